The second-order valence-corrected chi connectivity index (χ2v) is 6.48. The lowest BCUT2D eigenvalue weighted by molar-refractivity contribution is -0.121. The molecule has 116 valence electrons. The van der Waals surface area contributed by atoms with Crippen LogP contribution in [0.25, 0.3) is 0 Å². The van der Waals surface area contributed by atoms with E-state index in [4.69, 9.17) is 0 Å². The standard InChI is InChI=1S/C17H24N2O.ClH/c1-11-3-4-12(2)13(7-11)8-17(20)19-16-9-14-5-6-15(10-16)18-14;/h3-4,7,14-16,18H,5-6,8-10H2,1-2H3,(H,19,20);1H. The third-order valence-corrected chi connectivity index (χ3v) is 4.69. The zero-order valence-corrected chi connectivity index (χ0v) is 13.6. The first kappa shape index (κ1) is 16.3. The maximum absolute atomic E-state index is 12.2. The first-order chi connectivity index (χ1) is 9.60. The van der Waals surface area contributed by atoms with Crippen LogP contribution in [-0.2, 0) is 11.2 Å². The second-order valence-electron chi connectivity index (χ2n) is 6.48. The van der Waals surface area contributed by atoms with E-state index in [9.17, 15) is 4.79 Å². The summed E-state index contributed by atoms with van der Waals surface area (Å²) in [6.45, 7) is 4.15. The first-order valence-corrected chi connectivity index (χ1v) is 7.71. The topological polar surface area (TPSA) is 41.1 Å². The van der Waals surface area contributed by atoms with Crippen molar-refractivity contribution < 1.29 is 4.79 Å². The molecule has 2 aliphatic heterocycles. The normalized spacial score (nSPS) is 27.0. The fourth-order valence-electron chi connectivity index (χ4n) is 3.62. The minimum atomic E-state index is 0. The number of benzene rings is 1. The molecule has 2 unspecified atom stereocenters. The van der Waals surface area contributed by atoms with Crippen molar-refractivity contribution in [3.8, 4) is 0 Å². The highest BCUT2D eigenvalue weighted by molar-refractivity contribution is 5.85. The molecule has 0 saturated carbocycles. The molecule has 2 bridgehead atoms. The zero-order chi connectivity index (χ0) is 14.1. The van der Waals surface area contributed by atoms with E-state index in [0.717, 1.165) is 18.4 Å². The summed E-state index contributed by atoms with van der Waals surface area (Å²) in [4.78, 5) is 12.2. The van der Waals surface area contributed by atoms with Crippen molar-refractivity contribution in [2.45, 2.75) is 64.1 Å². The van der Waals surface area contributed by atoms with Crippen molar-refractivity contribution >= 4 is 18.3 Å². The summed E-state index contributed by atoms with van der Waals surface area (Å²) < 4.78 is 0. The largest absolute Gasteiger partial charge is 0.353 e. The van der Waals surface area contributed by atoms with Crippen LogP contribution in [0.4, 0.5) is 0 Å². The molecule has 1 aromatic rings. The number of nitrogens with one attached hydrogen (secondary N) is 2. The van der Waals surface area contributed by atoms with Gasteiger partial charge in [-0.2, -0.15) is 0 Å². The molecule has 0 aliphatic carbocycles. The summed E-state index contributed by atoms with van der Waals surface area (Å²) in [5.74, 6) is 0.171. The van der Waals surface area contributed by atoms with Crippen LogP contribution in [0.15, 0.2) is 18.2 Å². The molecule has 2 heterocycles. The number of aryl methyl sites for hydroxylation is 2. The van der Waals surface area contributed by atoms with Crippen LogP contribution < -0.4 is 10.6 Å². The first-order valence-electron chi connectivity index (χ1n) is 7.71. The summed E-state index contributed by atoms with van der Waals surface area (Å²) in [5.41, 5.74) is 3.58. The lowest BCUT2D eigenvalue weighted by Crippen LogP contribution is -2.48. The fraction of sp³-hybridized carbons (Fsp3) is 0.588. The van der Waals surface area contributed by atoms with Crippen LogP contribution in [-0.4, -0.2) is 24.0 Å². The van der Waals surface area contributed by atoms with Crippen molar-refractivity contribution in [2.24, 2.45) is 0 Å². The SMILES string of the molecule is Cc1ccc(C)c(CC(=O)NC2CC3CCC(C2)N3)c1.Cl. The molecule has 2 aliphatic rings. The third kappa shape index (κ3) is 3.98. The number of amides is 1. The van der Waals surface area contributed by atoms with Gasteiger partial charge in [-0.05, 0) is 50.7 Å². The van der Waals surface area contributed by atoms with Gasteiger partial charge in [0.05, 0.1) is 6.42 Å². The van der Waals surface area contributed by atoms with Gasteiger partial charge in [0.1, 0.15) is 0 Å². The van der Waals surface area contributed by atoms with Crippen LogP contribution in [0.2, 0.25) is 0 Å². The van der Waals surface area contributed by atoms with Crippen molar-refractivity contribution in [3.05, 3.63) is 34.9 Å². The average molecular weight is 309 g/mol. The van der Waals surface area contributed by atoms with E-state index in [-0.39, 0.29) is 18.3 Å². The quantitative estimate of drug-likeness (QED) is 0.901. The van der Waals surface area contributed by atoms with Gasteiger partial charge in [0.2, 0.25) is 5.91 Å². The van der Waals surface area contributed by atoms with Gasteiger partial charge in [-0.25, -0.2) is 0 Å². The van der Waals surface area contributed by atoms with Crippen LogP contribution in [0.1, 0.15) is 42.4 Å². The molecule has 0 aromatic heterocycles. The van der Waals surface area contributed by atoms with Gasteiger partial charge in [-0.3, -0.25) is 4.79 Å². The Morgan fingerprint density at radius 3 is 2.57 bits per heavy atom. The number of carbonyl (C=O) groups excluding carboxylic acids is 1. The molecule has 2 atom stereocenters. The summed E-state index contributed by atoms with van der Waals surface area (Å²) in [5, 5.41) is 6.84. The number of carbonyl (C=O) groups is 1. The van der Waals surface area contributed by atoms with Gasteiger partial charge in [0.25, 0.3) is 0 Å². The average Bonchev–Trinajstić information content (AvgIpc) is 2.73. The maximum Gasteiger partial charge on any atom is 0.224 e. The lowest BCUT2D eigenvalue weighted by atomic mass is 9.98. The van der Waals surface area contributed by atoms with Crippen molar-refractivity contribution in [1.82, 2.24) is 10.6 Å². The third-order valence-electron chi connectivity index (χ3n) is 4.69. The van der Waals surface area contributed by atoms with E-state index >= 15 is 0 Å². The molecular formula is C17H25ClN2O. The Balaban J connectivity index is 0.00000161. The number of halogens is 1. The Bertz CT molecular complexity index is 506. The molecule has 0 spiro atoms. The molecule has 21 heavy (non-hydrogen) atoms. The number of hydrogen-bond donors (Lipinski definition) is 2. The van der Waals surface area contributed by atoms with E-state index in [1.807, 2.05) is 0 Å². The van der Waals surface area contributed by atoms with E-state index in [1.54, 1.807) is 0 Å². The Morgan fingerprint density at radius 2 is 1.90 bits per heavy atom. The number of hydrogen-bond acceptors (Lipinski definition) is 2. The van der Waals surface area contributed by atoms with Crippen LogP contribution in [0.5, 0.6) is 0 Å². The number of piperidine rings is 1. The van der Waals surface area contributed by atoms with Gasteiger partial charge in [-0.15, -0.1) is 12.4 Å². The van der Waals surface area contributed by atoms with Crippen molar-refractivity contribution in [1.29, 1.82) is 0 Å². The van der Waals surface area contributed by atoms with E-state index < -0.39 is 0 Å². The Labute approximate surface area is 133 Å². The summed E-state index contributed by atoms with van der Waals surface area (Å²) in [6, 6.07) is 7.94. The van der Waals surface area contributed by atoms with Gasteiger partial charge in [0, 0.05) is 18.1 Å². The molecule has 0 radical (unpaired) electrons. The summed E-state index contributed by atoms with van der Waals surface area (Å²) in [6.07, 6.45) is 5.24. The number of rotatable bonds is 3. The molecule has 1 amide bonds. The monoisotopic (exact) mass is 308 g/mol. The van der Waals surface area contributed by atoms with Gasteiger partial charge < -0.3 is 10.6 Å². The lowest BCUT2D eigenvalue weighted by Gasteiger charge is -2.29. The van der Waals surface area contributed by atoms with Gasteiger partial charge in [-0.1, -0.05) is 23.8 Å². The molecule has 1 aromatic carbocycles. The minimum absolute atomic E-state index is 0. The Kier molecular flexibility index (Phi) is 5.28. The van der Waals surface area contributed by atoms with Crippen molar-refractivity contribution in [3.63, 3.8) is 0 Å². The van der Waals surface area contributed by atoms with Crippen molar-refractivity contribution in [2.75, 3.05) is 0 Å². The predicted molar refractivity (Wildman–Crippen MR) is 88.0 cm³/mol. The fourth-order valence-corrected chi connectivity index (χ4v) is 3.62. The summed E-state index contributed by atoms with van der Waals surface area (Å²) >= 11 is 0. The highest BCUT2D eigenvalue weighted by Gasteiger charge is 2.33. The van der Waals surface area contributed by atoms with Crippen LogP contribution in [0.3, 0.4) is 0 Å². The molecule has 4 heteroatoms. The second kappa shape index (κ2) is 6.80. The van der Waals surface area contributed by atoms with E-state index in [0.29, 0.717) is 24.5 Å². The molecular weight excluding hydrogens is 284 g/mol. The molecule has 2 N–H and O–H groups in total. The highest BCUT2D eigenvalue weighted by atomic mass is 35.5. The summed E-state index contributed by atoms with van der Waals surface area (Å²) in [7, 11) is 0. The molecule has 3 nitrogen and oxygen atoms in total. The number of fused-ring (bicyclic) bond motifs is 2. The maximum atomic E-state index is 12.2. The highest BCUT2D eigenvalue weighted by Crippen LogP contribution is 2.26. The van der Waals surface area contributed by atoms with E-state index in [2.05, 4.69) is 42.7 Å². The molecule has 3 rings (SSSR count). The zero-order valence-electron chi connectivity index (χ0n) is 12.8. The van der Waals surface area contributed by atoms with E-state index in [1.165, 1.54) is 24.0 Å². The predicted octanol–water partition coefficient (Wildman–Crippen LogP) is 2.67. The molecule has 2 fully saturated rings. The molecule has 2 saturated heterocycles. The van der Waals surface area contributed by atoms with Crippen LogP contribution >= 0.6 is 12.4 Å². The smallest absolute Gasteiger partial charge is 0.224 e. The minimum Gasteiger partial charge on any atom is -0.353 e. The van der Waals surface area contributed by atoms with Gasteiger partial charge in [0.15, 0.2) is 0 Å². The van der Waals surface area contributed by atoms with Gasteiger partial charge >= 0.3 is 0 Å². The van der Waals surface area contributed by atoms with Crippen LogP contribution in [0, 0.1) is 13.8 Å². The Hall–Kier alpha value is -1.06. The Morgan fingerprint density at radius 1 is 1.24 bits per heavy atom.